The van der Waals surface area contributed by atoms with Crippen LogP contribution in [0.2, 0.25) is 10.0 Å². The minimum Gasteiger partial charge on any atom is -0.369 e. The molecule has 0 unspecified atom stereocenters. The van der Waals surface area contributed by atoms with Gasteiger partial charge in [0.1, 0.15) is 5.02 Å². The van der Waals surface area contributed by atoms with Crippen molar-refractivity contribution in [1.29, 1.82) is 0 Å². The van der Waals surface area contributed by atoms with Gasteiger partial charge in [0.2, 0.25) is 0 Å². The first-order valence-electron chi connectivity index (χ1n) is 7.68. The smallest absolute Gasteiger partial charge is 0.288 e. The molecule has 5 nitrogen and oxygen atoms in total. The monoisotopic (exact) mass is 365 g/mol. The highest BCUT2D eigenvalue weighted by molar-refractivity contribution is 6.32. The number of nitrogens with zero attached hydrogens (tertiary/aromatic N) is 3. The van der Waals surface area contributed by atoms with Gasteiger partial charge in [0.05, 0.1) is 4.92 Å². The topological polar surface area (TPSA) is 49.6 Å². The van der Waals surface area contributed by atoms with Crippen LogP contribution in [-0.2, 0) is 6.54 Å². The van der Waals surface area contributed by atoms with Gasteiger partial charge in [-0.1, -0.05) is 35.3 Å². The fraction of sp³-hybridized carbons (Fsp3) is 0.294. The summed E-state index contributed by atoms with van der Waals surface area (Å²) >= 11 is 11.9. The van der Waals surface area contributed by atoms with Crippen molar-refractivity contribution in [1.82, 2.24) is 4.90 Å². The van der Waals surface area contributed by atoms with E-state index in [9.17, 15) is 10.1 Å². The number of hydrogen-bond acceptors (Lipinski definition) is 4. The van der Waals surface area contributed by atoms with Crippen molar-refractivity contribution in [2.24, 2.45) is 0 Å². The summed E-state index contributed by atoms with van der Waals surface area (Å²) in [6, 6.07) is 12.9. The molecule has 0 amide bonds. The summed E-state index contributed by atoms with van der Waals surface area (Å²) in [6.07, 6.45) is 0. The molecule has 1 aliphatic rings. The largest absolute Gasteiger partial charge is 0.369 e. The molecule has 1 fully saturated rings. The number of rotatable bonds is 4. The van der Waals surface area contributed by atoms with Gasteiger partial charge in [0.25, 0.3) is 5.69 Å². The molecule has 3 rings (SSSR count). The van der Waals surface area contributed by atoms with Gasteiger partial charge in [-0.2, -0.15) is 0 Å². The summed E-state index contributed by atoms with van der Waals surface area (Å²) < 4.78 is 0. The Kier molecular flexibility index (Phi) is 5.23. The molecule has 126 valence electrons. The Labute approximate surface area is 150 Å². The summed E-state index contributed by atoms with van der Waals surface area (Å²) in [7, 11) is 0. The number of hydrogen-bond donors (Lipinski definition) is 0. The molecule has 1 saturated heterocycles. The van der Waals surface area contributed by atoms with Crippen molar-refractivity contribution in [3.63, 3.8) is 0 Å². The van der Waals surface area contributed by atoms with Gasteiger partial charge in [0.15, 0.2) is 0 Å². The van der Waals surface area contributed by atoms with Crippen LogP contribution in [-0.4, -0.2) is 36.0 Å². The molecular formula is C17H17Cl2N3O2. The van der Waals surface area contributed by atoms with Crippen molar-refractivity contribution in [3.8, 4) is 0 Å². The second-order valence-electron chi connectivity index (χ2n) is 5.79. The van der Waals surface area contributed by atoms with E-state index in [1.54, 1.807) is 12.1 Å². The van der Waals surface area contributed by atoms with E-state index >= 15 is 0 Å². The Balaban J connectivity index is 1.61. The van der Waals surface area contributed by atoms with Crippen LogP contribution in [0.15, 0.2) is 42.5 Å². The fourth-order valence-electron chi connectivity index (χ4n) is 2.89. The minimum absolute atomic E-state index is 0.0354. The molecule has 0 saturated carbocycles. The van der Waals surface area contributed by atoms with Gasteiger partial charge in [-0.3, -0.25) is 15.0 Å². The van der Waals surface area contributed by atoms with Crippen molar-refractivity contribution in [3.05, 3.63) is 68.2 Å². The van der Waals surface area contributed by atoms with E-state index in [0.29, 0.717) is 6.54 Å². The van der Waals surface area contributed by atoms with Crippen LogP contribution in [0.25, 0.3) is 0 Å². The molecule has 2 aromatic carbocycles. The average Bonchev–Trinajstić information content (AvgIpc) is 2.57. The number of halogens is 2. The van der Waals surface area contributed by atoms with Crippen molar-refractivity contribution >= 4 is 34.6 Å². The minimum atomic E-state index is -0.442. The molecule has 7 heteroatoms. The Hall–Kier alpha value is -1.82. The predicted octanol–water partition coefficient (Wildman–Crippen LogP) is 4.22. The third kappa shape index (κ3) is 3.98. The molecule has 0 spiro atoms. The zero-order valence-corrected chi connectivity index (χ0v) is 14.5. The molecule has 0 bridgehead atoms. The number of piperazine rings is 1. The molecule has 0 aliphatic carbocycles. The second kappa shape index (κ2) is 7.38. The van der Waals surface area contributed by atoms with Gasteiger partial charge in [0, 0.05) is 49.5 Å². The van der Waals surface area contributed by atoms with Crippen molar-refractivity contribution < 1.29 is 4.92 Å². The maximum absolute atomic E-state index is 11.0. The lowest BCUT2D eigenvalue weighted by atomic mass is 10.1. The van der Waals surface area contributed by atoms with Crippen molar-refractivity contribution in [2.75, 3.05) is 31.1 Å². The quantitative estimate of drug-likeness (QED) is 0.600. The van der Waals surface area contributed by atoms with Gasteiger partial charge < -0.3 is 4.90 Å². The van der Waals surface area contributed by atoms with E-state index in [-0.39, 0.29) is 10.7 Å². The summed E-state index contributed by atoms with van der Waals surface area (Å²) in [5, 5.41) is 11.9. The maximum atomic E-state index is 11.0. The maximum Gasteiger partial charge on any atom is 0.288 e. The number of nitro benzene ring substituents is 1. The van der Waals surface area contributed by atoms with Gasteiger partial charge in [-0.15, -0.1) is 0 Å². The summed E-state index contributed by atoms with van der Waals surface area (Å²) in [5.74, 6) is 0. The molecule has 0 aromatic heterocycles. The molecule has 2 aromatic rings. The van der Waals surface area contributed by atoms with Crippen LogP contribution in [0.4, 0.5) is 11.4 Å². The lowest BCUT2D eigenvalue weighted by Gasteiger charge is -2.36. The predicted molar refractivity (Wildman–Crippen MR) is 97.0 cm³/mol. The summed E-state index contributed by atoms with van der Waals surface area (Å²) in [4.78, 5) is 15.1. The molecule has 1 heterocycles. The zero-order valence-electron chi connectivity index (χ0n) is 13.0. The van der Waals surface area contributed by atoms with E-state index in [4.69, 9.17) is 23.2 Å². The summed E-state index contributed by atoms with van der Waals surface area (Å²) in [6.45, 7) is 4.26. The fourth-order valence-corrected chi connectivity index (χ4v) is 3.26. The van der Waals surface area contributed by atoms with Gasteiger partial charge >= 0.3 is 0 Å². The van der Waals surface area contributed by atoms with Gasteiger partial charge in [-0.05, 0) is 29.8 Å². The number of nitro groups is 1. The second-order valence-corrected chi connectivity index (χ2v) is 6.63. The molecule has 0 radical (unpaired) electrons. The summed E-state index contributed by atoms with van der Waals surface area (Å²) in [5.41, 5.74) is 2.00. The Morgan fingerprint density at radius 2 is 1.79 bits per heavy atom. The highest BCUT2D eigenvalue weighted by Gasteiger charge is 2.19. The Morgan fingerprint density at radius 1 is 1.04 bits per heavy atom. The van der Waals surface area contributed by atoms with Crippen LogP contribution in [0.3, 0.4) is 0 Å². The lowest BCUT2D eigenvalue weighted by Crippen LogP contribution is -2.45. The van der Waals surface area contributed by atoms with Crippen LogP contribution >= 0.6 is 23.2 Å². The van der Waals surface area contributed by atoms with E-state index in [1.165, 1.54) is 0 Å². The first-order chi connectivity index (χ1) is 11.5. The molecule has 1 aliphatic heterocycles. The van der Waals surface area contributed by atoms with Crippen LogP contribution in [0.5, 0.6) is 0 Å². The van der Waals surface area contributed by atoms with E-state index in [0.717, 1.165) is 42.5 Å². The van der Waals surface area contributed by atoms with Gasteiger partial charge in [-0.25, -0.2) is 0 Å². The van der Waals surface area contributed by atoms with E-state index < -0.39 is 4.92 Å². The Morgan fingerprint density at radius 3 is 2.46 bits per heavy atom. The molecule has 24 heavy (non-hydrogen) atoms. The molecule has 0 atom stereocenters. The van der Waals surface area contributed by atoms with Crippen molar-refractivity contribution in [2.45, 2.75) is 6.54 Å². The first kappa shape index (κ1) is 17.0. The van der Waals surface area contributed by atoms with Crippen LogP contribution in [0.1, 0.15) is 5.56 Å². The van der Waals surface area contributed by atoms with E-state index in [1.807, 2.05) is 24.3 Å². The highest BCUT2D eigenvalue weighted by Crippen LogP contribution is 2.26. The lowest BCUT2D eigenvalue weighted by molar-refractivity contribution is -0.384. The van der Waals surface area contributed by atoms with E-state index in [2.05, 4.69) is 15.9 Å². The van der Waals surface area contributed by atoms with Crippen LogP contribution in [0, 0.1) is 10.1 Å². The number of anilines is 1. The first-order valence-corrected chi connectivity index (χ1v) is 8.44. The third-order valence-corrected chi connectivity index (χ3v) is 4.71. The normalized spacial score (nSPS) is 15.5. The molecular weight excluding hydrogens is 349 g/mol. The zero-order chi connectivity index (χ0) is 17.1. The third-order valence-electron chi connectivity index (χ3n) is 4.16. The molecule has 0 N–H and O–H groups in total. The average molecular weight is 366 g/mol. The van der Waals surface area contributed by atoms with Crippen LogP contribution < -0.4 is 4.90 Å². The number of benzene rings is 2. The SMILES string of the molecule is O=[N+]([O-])c1cc(CN2CCN(c3cccc(Cl)c3)CC2)ccc1Cl. The standard InChI is InChI=1S/C17H17Cl2N3O2/c18-14-2-1-3-15(11-14)21-8-6-20(7-9-21)12-13-4-5-16(19)17(10-13)22(23)24/h1-5,10-11H,6-9,12H2. The Bertz CT molecular complexity index is 746. The highest BCUT2D eigenvalue weighted by atomic mass is 35.5.